The van der Waals surface area contributed by atoms with E-state index < -0.39 is 29.7 Å². The van der Waals surface area contributed by atoms with Crippen molar-refractivity contribution < 1.29 is 18.8 Å². The van der Waals surface area contributed by atoms with Crippen LogP contribution < -0.4 is 10.6 Å². The van der Waals surface area contributed by atoms with Gasteiger partial charge in [-0.25, -0.2) is 14.3 Å². The van der Waals surface area contributed by atoms with Gasteiger partial charge in [0, 0.05) is 0 Å². The fourth-order valence-electron chi connectivity index (χ4n) is 2.32. The number of aromatic nitrogens is 3. The van der Waals surface area contributed by atoms with Crippen LogP contribution >= 0.6 is 0 Å². The van der Waals surface area contributed by atoms with Crippen molar-refractivity contribution in [2.45, 2.75) is 19.0 Å². The minimum Gasteiger partial charge on any atom is -0.325 e. The van der Waals surface area contributed by atoms with E-state index in [9.17, 15) is 18.8 Å². The number of H-pyrrole nitrogens is 1. The highest BCUT2D eigenvalue weighted by molar-refractivity contribution is 6.06. The first-order chi connectivity index (χ1) is 11.5. The number of carbonyl (C=O) groups excluding carboxylic acids is 3. The van der Waals surface area contributed by atoms with Gasteiger partial charge in [-0.2, -0.15) is 10.1 Å². The van der Waals surface area contributed by atoms with Crippen molar-refractivity contribution in [1.82, 2.24) is 25.4 Å². The monoisotopic (exact) mass is 332 g/mol. The number of rotatable bonds is 5. The van der Waals surface area contributed by atoms with Crippen LogP contribution in [0, 0.1) is 5.82 Å². The lowest BCUT2D eigenvalue weighted by molar-refractivity contribution is -0.130. The molecular formula is C14H13FN6O3. The Kier molecular flexibility index (Phi) is 4.18. The van der Waals surface area contributed by atoms with Crippen molar-refractivity contribution in [3.05, 3.63) is 42.0 Å². The zero-order valence-corrected chi connectivity index (χ0v) is 12.3. The zero-order chi connectivity index (χ0) is 17.1. The van der Waals surface area contributed by atoms with Gasteiger partial charge in [-0.3, -0.25) is 19.8 Å². The number of amides is 4. The first-order valence-electron chi connectivity index (χ1n) is 7.04. The first kappa shape index (κ1) is 15.6. The van der Waals surface area contributed by atoms with Gasteiger partial charge in [-0.15, -0.1) is 0 Å². The van der Waals surface area contributed by atoms with Crippen LogP contribution in [-0.4, -0.2) is 44.0 Å². The summed E-state index contributed by atoms with van der Waals surface area (Å²) in [6, 6.07) is 4.01. The van der Waals surface area contributed by atoms with Crippen LogP contribution in [0.5, 0.6) is 0 Å². The van der Waals surface area contributed by atoms with Crippen molar-refractivity contribution in [3.8, 4) is 0 Å². The lowest BCUT2D eigenvalue weighted by atomic mass is 10.1. The molecule has 1 saturated heterocycles. The highest BCUT2D eigenvalue weighted by atomic mass is 19.1. The van der Waals surface area contributed by atoms with E-state index in [0.29, 0.717) is 5.56 Å². The number of nitrogens with one attached hydrogen (secondary N) is 3. The van der Waals surface area contributed by atoms with E-state index in [-0.39, 0.29) is 18.9 Å². The Morgan fingerprint density at radius 1 is 1.38 bits per heavy atom. The van der Waals surface area contributed by atoms with Crippen molar-refractivity contribution >= 4 is 23.8 Å². The Morgan fingerprint density at radius 3 is 2.92 bits per heavy atom. The first-order valence-corrected chi connectivity index (χ1v) is 7.04. The zero-order valence-electron chi connectivity index (χ0n) is 12.3. The van der Waals surface area contributed by atoms with Gasteiger partial charge in [-0.05, 0) is 17.7 Å². The van der Waals surface area contributed by atoms with Gasteiger partial charge < -0.3 is 5.32 Å². The Hall–Kier alpha value is -3.30. The second-order valence-corrected chi connectivity index (χ2v) is 5.14. The summed E-state index contributed by atoms with van der Waals surface area (Å²) in [5.41, 5.74) is 0.477. The molecule has 3 N–H and O–H groups in total. The molecule has 124 valence electrons. The van der Waals surface area contributed by atoms with Crippen molar-refractivity contribution in [1.29, 1.82) is 0 Å². The third-order valence-corrected chi connectivity index (χ3v) is 3.40. The molecule has 1 aromatic carbocycles. The second kappa shape index (κ2) is 6.44. The number of aromatic amines is 1. The number of hydrogen-bond acceptors (Lipinski definition) is 5. The van der Waals surface area contributed by atoms with E-state index in [4.69, 9.17) is 0 Å². The number of benzene rings is 1. The van der Waals surface area contributed by atoms with Crippen LogP contribution in [0.15, 0.2) is 30.6 Å². The molecule has 1 aliphatic rings. The number of hydrogen-bond donors (Lipinski definition) is 3. The average Bonchev–Trinajstić information content (AvgIpc) is 3.12. The predicted molar refractivity (Wildman–Crippen MR) is 78.9 cm³/mol. The fraction of sp³-hybridized carbons (Fsp3) is 0.214. The molecule has 24 heavy (non-hydrogen) atoms. The minimum absolute atomic E-state index is 0.0668. The molecule has 0 unspecified atom stereocenters. The van der Waals surface area contributed by atoms with Crippen LogP contribution in [0.3, 0.4) is 0 Å². The van der Waals surface area contributed by atoms with Crippen LogP contribution in [0.1, 0.15) is 12.0 Å². The number of imide groups is 1. The molecule has 2 heterocycles. The van der Waals surface area contributed by atoms with E-state index in [1.165, 1.54) is 24.5 Å². The Balaban J connectivity index is 1.62. The average molecular weight is 332 g/mol. The summed E-state index contributed by atoms with van der Waals surface area (Å²) < 4.78 is 13.2. The largest absolute Gasteiger partial charge is 0.325 e. The lowest BCUT2D eigenvalue weighted by Crippen LogP contribution is -2.34. The molecule has 10 heteroatoms. The third kappa shape index (κ3) is 3.37. The molecule has 4 amide bonds. The summed E-state index contributed by atoms with van der Waals surface area (Å²) in [6.45, 7) is -0.0668. The molecule has 0 bridgehead atoms. The standard InChI is InChI=1S/C14H13FN6O3/c15-9-3-1-2-8(4-9)6-21-12(23)10(18-14(21)24)5-11(22)19-13-16-7-17-20-13/h1-4,7,10H,5-6H2,(H,18,24)(H2,16,17,19,20,22)/t10-/m1/s1. The maximum absolute atomic E-state index is 13.2. The molecule has 0 spiro atoms. The van der Waals surface area contributed by atoms with Gasteiger partial charge in [0.1, 0.15) is 18.2 Å². The number of nitrogens with zero attached hydrogens (tertiary/aromatic N) is 3. The summed E-state index contributed by atoms with van der Waals surface area (Å²) in [5.74, 6) is -1.36. The molecule has 1 aromatic heterocycles. The summed E-state index contributed by atoms with van der Waals surface area (Å²) in [5, 5.41) is 10.9. The molecule has 1 aliphatic heterocycles. The van der Waals surface area contributed by atoms with Gasteiger partial charge in [-0.1, -0.05) is 12.1 Å². The highest BCUT2D eigenvalue weighted by Crippen LogP contribution is 2.15. The molecule has 0 saturated carbocycles. The van der Waals surface area contributed by atoms with E-state index in [0.717, 1.165) is 4.90 Å². The van der Waals surface area contributed by atoms with Crippen molar-refractivity contribution in [2.24, 2.45) is 0 Å². The molecule has 0 aliphatic carbocycles. The number of carbonyl (C=O) groups is 3. The van der Waals surface area contributed by atoms with E-state index >= 15 is 0 Å². The van der Waals surface area contributed by atoms with Crippen LogP contribution in [0.4, 0.5) is 15.1 Å². The molecule has 9 nitrogen and oxygen atoms in total. The van der Waals surface area contributed by atoms with Gasteiger partial charge >= 0.3 is 6.03 Å². The van der Waals surface area contributed by atoms with Gasteiger partial charge in [0.05, 0.1) is 13.0 Å². The lowest BCUT2D eigenvalue weighted by Gasteiger charge is -2.13. The molecule has 0 radical (unpaired) electrons. The Morgan fingerprint density at radius 2 is 2.21 bits per heavy atom. The van der Waals surface area contributed by atoms with Gasteiger partial charge in [0.25, 0.3) is 5.91 Å². The third-order valence-electron chi connectivity index (χ3n) is 3.40. The summed E-state index contributed by atoms with van der Waals surface area (Å²) in [7, 11) is 0. The van der Waals surface area contributed by atoms with E-state index in [1.807, 2.05) is 0 Å². The number of anilines is 1. The quantitative estimate of drug-likeness (QED) is 0.684. The fourth-order valence-corrected chi connectivity index (χ4v) is 2.32. The van der Waals surface area contributed by atoms with Crippen LogP contribution in [-0.2, 0) is 16.1 Å². The van der Waals surface area contributed by atoms with E-state index in [1.54, 1.807) is 6.07 Å². The highest BCUT2D eigenvalue weighted by Gasteiger charge is 2.39. The smallest absolute Gasteiger partial charge is 0.325 e. The SMILES string of the molecule is O=C(C[C@H]1NC(=O)N(Cc2cccc(F)c2)C1=O)Nc1ncn[nH]1. The van der Waals surface area contributed by atoms with Gasteiger partial charge in [0.2, 0.25) is 11.9 Å². The van der Waals surface area contributed by atoms with Crippen LogP contribution in [0.2, 0.25) is 0 Å². The van der Waals surface area contributed by atoms with Gasteiger partial charge in [0.15, 0.2) is 0 Å². The molecular weight excluding hydrogens is 319 g/mol. The minimum atomic E-state index is -0.978. The summed E-state index contributed by atoms with van der Waals surface area (Å²) >= 11 is 0. The predicted octanol–water partition coefficient (Wildman–Crippen LogP) is 0.393. The molecule has 1 fully saturated rings. The maximum Gasteiger partial charge on any atom is 0.325 e. The topological polar surface area (TPSA) is 120 Å². The molecule has 1 atom stereocenters. The normalized spacial score (nSPS) is 17.0. The van der Waals surface area contributed by atoms with Crippen molar-refractivity contribution in [2.75, 3.05) is 5.32 Å². The Labute approximate surface area is 135 Å². The second-order valence-electron chi connectivity index (χ2n) is 5.14. The number of halogens is 1. The van der Waals surface area contributed by atoms with Crippen molar-refractivity contribution in [3.63, 3.8) is 0 Å². The molecule has 3 rings (SSSR count). The molecule has 2 aromatic rings. The summed E-state index contributed by atoms with van der Waals surface area (Å²) in [4.78, 5) is 40.7. The Bertz CT molecular complexity index is 779. The van der Waals surface area contributed by atoms with E-state index in [2.05, 4.69) is 25.8 Å². The van der Waals surface area contributed by atoms with Crippen LogP contribution in [0.25, 0.3) is 0 Å². The number of urea groups is 1. The maximum atomic E-state index is 13.2. The summed E-state index contributed by atoms with van der Waals surface area (Å²) in [6.07, 6.45) is 0.976.